The molecule has 4 aromatic heterocycles. The van der Waals surface area contributed by atoms with Gasteiger partial charge in [-0.05, 0) is 35.7 Å². The summed E-state index contributed by atoms with van der Waals surface area (Å²) in [4.78, 5) is 47.0. The zero-order valence-corrected chi connectivity index (χ0v) is 22.9. The molecule has 210 valence electrons. The van der Waals surface area contributed by atoms with Crippen LogP contribution in [0.1, 0.15) is 21.7 Å². The molecule has 0 bridgehead atoms. The molecule has 0 saturated carbocycles. The second-order valence-electron chi connectivity index (χ2n) is 8.13. The maximum absolute atomic E-state index is 11.1. The molecule has 0 aromatic carbocycles. The molecule has 0 spiro atoms. The van der Waals surface area contributed by atoms with Crippen molar-refractivity contribution in [3.63, 3.8) is 0 Å². The topological polar surface area (TPSA) is 158 Å². The summed E-state index contributed by atoms with van der Waals surface area (Å²) in [6.07, 6.45) is 2.65. The molecule has 5 rings (SSSR count). The third-order valence-corrected chi connectivity index (χ3v) is 7.65. The number of hydrogen-bond acceptors (Lipinski definition) is 10. The predicted molar refractivity (Wildman–Crippen MR) is 142 cm³/mol. The number of fused-ring (bicyclic) bond motifs is 1. The molecule has 5 heterocycles. The summed E-state index contributed by atoms with van der Waals surface area (Å²) in [7, 11) is 0. The summed E-state index contributed by atoms with van der Waals surface area (Å²) in [5.74, 6) is -2.67. The van der Waals surface area contributed by atoms with Crippen LogP contribution in [0.25, 0.3) is 17.1 Å². The van der Waals surface area contributed by atoms with Crippen LogP contribution in [0.4, 0.5) is 19.0 Å². The number of aromatic nitrogens is 6. The van der Waals surface area contributed by atoms with Crippen molar-refractivity contribution in [3.8, 4) is 0 Å². The van der Waals surface area contributed by atoms with E-state index in [0.717, 1.165) is 30.5 Å². The summed E-state index contributed by atoms with van der Waals surface area (Å²) in [5.41, 5.74) is 3.69. The number of nitrogens with one attached hydrogen (secondary N) is 1. The van der Waals surface area contributed by atoms with Crippen molar-refractivity contribution in [3.05, 3.63) is 51.6 Å². The van der Waals surface area contributed by atoms with Gasteiger partial charge in [-0.15, -0.1) is 11.3 Å². The van der Waals surface area contributed by atoms with E-state index in [0.29, 0.717) is 37.6 Å². The van der Waals surface area contributed by atoms with Crippen LogP contribution in [0, 0.1) is 5.92 Å². The van der Waals surface area contributed by atoms with Crippen molar-refractivity contribution in [2.45, 2.75) is 22.1 Å². The maximum Gasteiger partial charge on any atom is 0.490 e. The van der Waals surface area contributed by atoms with E-state index in [9.17, 15) is 18.0 Å². The number of anilines is 1. The number of hydrogen-bond donors (Lipinski definition) is 3. The summed E-state index contributed by atoms with van der Waals surface area (Å²) < 4.78 is 32.3. The van der Waals surface area contributed by atoms with Gasteiger partial charge in [0.1, 0.15) is 17.8 Å². The zero-order chi connectivity index (χ0) is 29.0. The number of carboxylic acid groups (broad SMARTS) is 2. The predicted octanol–water partition coefficient (Wildman–Crippen LogP) is 5.23. The Hall–Kier alpha value is -3.47. The van der Waals surface area contributed by atoms with Crippen LogP contribution < -0.4 is 4.90 Å². The zero-order valence-electron chi connectivity index (χ0n) is 19.8. The molecule has 1 aliphatic rings. The van der Waals surface area contributed by atoms with Crippen LogP contribution in [-0.2, 0) is 11.2 Å². The van der Waals surface area contributed by atoms with Crippen molar-refractivity contribution in [1.29, 1.82) is 0 Å². The van der Waals surface area contributed by atoms with Crippen molar-refractivity contribution in [1.82, 2.24) is 29.9 Å². The molecule has 1 aliphatic heterocycles. The molecule has 40 heavy (non-hydrogen) atoms. The molecular weight excluding hydrogens is 618 g/mol. The van der Waals surface area contributed by atoms with Gasteiger partial charge in [0.2, 0.25) is 0 Å². The van der Waals surface area contributed by atoms with Crippen LogP contribution in [-0.4, -0.2) is 71.3 Å². The Morgan fingerprint density at radius 1 is 1.20 bits per heavy atom. The average Bonchev–Trinajstić information content (AvgIpc) is 3.46. The highest BCUT2D eigenvalue weighted by atomic mass is 35.5. The number of alkyl halides is 3. The fourth-order valence-corrected chi connectivity index (χ4v) is 5.67. The second-order valence-corrected chi connectivity index (χ2v) is 10.8. The fraction of sp³-hybridized carbons (Fsp3) is 0.227. The lowest BCUT2D eigenvalue weighted by Gasteiger charge is -2.40. The van der Waals surface area contributed by atoms with Gasteiger partial charge in [0.15, 0.2) is 15.2 Å². The Bertz CT molecular complexity index is 1560. The van der Waals surface area contributed by atoms with E-state index in [2.05, 4.69) is 29.8 Å². The average molecular weight is 634 g/mol. The minimum atomic E-state index is -5.08. The lowest BCUT2D eigenvalue weighted by Crippen LogP contribution is -2.48. The molecule has 3 N–H and O–H groups in total. The van der Waals surface area contributed by atoms with Gasteiger partial charge in [-0.3, -0.25) is 0 Å². The first-order chi connectivity index (χ1) is 19.0. The van der Waals surface area contributed by atoms with E-state index in [1.165, 1.54) is 40.3 Å². The van der Waals surface area contributed by atoms with Crippen molar-refractivity contribution in [2.24, 2.45) is 5.92 Å². The number of nitrogens with zero attached hydrogens (tertiary/aromatic N) is 6. The Balaban J connectivity index is 0.000000470. The normalized spacial score (nSPS) is 13.8. The van der Waals surface area contributed by atoms with Crippen molar-refractivity contribution < 1.29 is 33.0 Å². The van der Waals surface area contributed by atoms with Gasteiger partial charge in [0, 0.05) is 36.4 Å². The smallest absolute Gasteiger partial charge is 0.476 e. The van der Waals surface area contributed by atoms with Gasteiger partial charge >= 0.3 is 18.1 Å². The van der Waals surface area contributed by atoms with Crippen molar-refractivity contribution >= 4 is 81.2 Å². The number of H-pyrrole nitrogens is 1. The minimum absolute atomic E-state index is 0.00303. The van der Waals surface area contributed by atoms with Crippen LogP contribution in [0.3, 0.4) is 0 Å². The molecule has 0 aliphatic carbocycles. The molecule has 0 amide bonds. The maximum atomic E-state index is 11.1. The number of halogens is 5. The van der Waals surface area contributed by atoms with Crippen LogP contribution in [0.2, 0.25) is 5.02 Å². The first kappa shape index (κ1) is 29.5. The third kappa shape index (κ3) is 6.99. The van der Waals surface area contributed by atoms with Crippen molar-refractivity contribution in [2.75, 3.05) is 18.0 Å². The first-order valence-corrected chi connectivity index (χ1v) is 13.5. The number of carboxylic acids is 2. The van der Waals surface area contributed by atoms with Gasteiger partial charge in [-0.2, -0.15) is 13.2 Å². The standard InChI is InChI=1S/C20H15Cl2N7O2S2.C2HF3O2/c21-2-1-12-15(22)14-16(25-12)27-19(33-20-26-13(8-32-20)18(30)31)28-17(14)29-6-11(7-29)3-10-4-23-9-24-5-10;3-2(4,5)1(6)7/h1-2,4-5,8-9,11H,3,6-7H2,(H,30,31)(H,25,27,28);(H,6,7)/b2-1+;. The number of aromatic amines is 1. The van der Waals surface area contributed by atoms with Gasteiger partial charge < -0.3 is 20.1 Å². The molecule has 4 aromatic rings. The number of thiazole rings is 1. The van der Waals surface area contributed by atoms with Gasteiger partial charge in [-0.1, -0.05) is 23.2 Å². The first-order valence-electron chi connectivity index (χ1n) is 11.0. The molecule has 18 heteroatoms. The lowest BCUT2D eigenvalue weighted by atomic mass is 9.93. The summed E-state index contributed by atoms with van der Waals surface area (Å²) >= 11 is 14.8. The molecular formula is C22H16Cl2F3N7O4S2. The van der Waals surface area contributed by atoms with E-state index >= 15 is 0 Å². The number of aromatic carboxylic acids is 1. The monoisotopic (exact) mass is 633 g/mol. The van der Waals surface area contributed by atoms with E-state index in [1.54, 1.807) is 6.08 Å². The summed E-state index contributed by atoms with van der Waals surface area (Å²) in [6, 6.07) is 0. The molecule has 0 radical (unpaired) electrons. The van der Waals surface area contributed by atoms with Crippen LogP contribution >= 0.6 is 46.3 Å². The Morgan fingerprint density at radius 2 is 1.88 bits per heavy atom. The highest BCUT2D eigenvalue weighted by Gasteiger charge is 2.38. The van der Waals surface area contributed by atoms with E-state index in [-0.39, 0.29) is 5.69 Å². The molecule has 1 saturated heterocycles. The Kier molecular flexibility index (Phi) is 9.12. The number of aliphatic carboxylic acids is 1. The Labute approximate surface area is 241 Å². The number of carbonyl (C=O) groups is 2. The van der Waals surface area contributed by atoms with Crippen LogP contribution in [0.5, 0.6) is 0 Å². The highest BCUT2D eigenvalue weighted by Crippen LogP contribution is 2.39. The molecule has 0 unspecified atom stereocenters. The lowest BCUT2D eigenvalue weighted by molar-refractivity contribution is -0.192. The summed E-state index contributed by atoms with van der Waals surface area (Å²) in [6.45, 7) is 1.60. The third-order valence-electron chi connectivity index (χ3n) is 5.33. The number of rotatable bonds is 7. The highest BCUT2D eigenvalue weighted by molar-refractivity contribution is 8.00. The Morgan fingerprint density at radius 3 is 2.45 bits per heavy atom. The largest absolute Gasteiger partial charge is 0.490 e. The van der Waals surface area contributed by atoms with E-state index in [4.69, 9.17) is 43.2 Å². The fourth-order valence-electron chi connectivity index (χ4n) is 3.61. The summed E-state index contributed by atoms with van der Waals surface area (Å²) in [5, 5.41) is 19.4. The van der Waals surface area contributed by atoms with Crippen LogP contribution in [0.15, 0.2) is 39.1 Å². The SMILES string of the molecule is O=C(O)C(F)(F)F.O=C(O)c1csc(Sc2nc(N3CC(Cc4cncnc4)C3)c3c(Cl)c(/C=C/Cl)[nH]c3n2)n1. The quantitative estimate of drug-likeness (QED) is 0.229. The van der Waals surface area contributed by atoms with Gasteiger partial charge in [0.05, 0.1) is 16.1 Å². The minimum Gasteiger partial charge on any atom is -0.476 e. The molecule has 11 nitrogen and oxygen atoms in total. The van der Waals surface area contributed by atoms with Gasteiger partial charge in [-0.25, -0.2) is 34.5 Å². The second kappa shape index (κ2) is 12.4. The van der Waals surface area contributed by atoms with E-state index < -0.39 is 18.1 Å². The molecule has 0 atom stereocenters. The van der Waals surface area contributed by atoms with Gasteiger partial charge in [0.25, 0.3) is 0 Å². The molecule has 1 fully saturated rings. The van der Waals surface area contributed by atoms with E-state index in [1.807, 2.05) is 12.4 Å².